The summed E-state index contributed by atoms with van der Waals surface area (Å²) in [4.78, 5) is 8.41. The van der Waals surface area contributed by atoms with Gasteiger partial charge in [0.05, 0.1) is 11.9 Å². The third-order valence-electron chi connectivity index (χ3n) is 3.17. The van der Waals surface area contributed by atoms with Gasteiger partial charge in [-0.05, 0) is 52.7 Å². The van der Waals surface area contributed by atoms with Crippen molar-refractivity contribution in [2.24, 2.45) is 0 Å². The predicted molar refractivity (Wildman–Crippen MR) is 88.4 cm³/mol. The van der Waals surface area contributed by atoms with Crippen molar-refractivity contribution in [3.05, 3.63) is 58.9 Å². The third-order valence-corrected chi connectivity index (χ3v) is 3.61. The molecule has 3 aromatic rings. The van der Waals surface area contributed by atoms with E-state index in [1.807, 2.05) is 6.07 Å². The van der Waals surface area contributed by atoms with Crippen LogP contribution in [0.4, 0.5) is 10.1 Å². The van der Waals surface area contributed by atoms with Gasteiger partial charge in [0.15, 0.2) is 0 Å². The highest BCUT2D eigenvalue weighted by molar-refractivity contribution is 9.10. The van der Waals surface area contributed by atoms with Crippen LogP contribution >= 0.6 is 15.9 Å². The molecule has 7 heteroatoms. The lowest BCUT2D eigenvalue weighted by Crippen LogP contribution is -2.03. The van der Waals surface area contributed by atoms with Gasteiger partial charge in [0.1, 0.15) is 5.82 Å². The van der Waals surface area contributed by atoms with Crippen LogP contribution in [0.5, 0.6) is 0 Å². The highest BCUT2D eigenvalue weighted by Crippen LogP contribution is 2.17. The number of aromatic nitrogens is 3. The van der Waals surface area contributed by atoms with E-state index in [0.717, 1.165) is 28.7 Å². The summed E-state index contributed by atoms with van der Waals surface area (Å²) in [5.41, 5.74) is 1.69. The van der Waals surface area contributed by atoms with Gasteiger partial charge < -0.3 is 9.84 Å². The lowest BCUT2D eigenvalue weighted by atomic mass is 10.2. The number of aryl methyl sites for hydroxylation is 1. The molecule has 0 saturated carbocycles. The van der Waals surface area contributed by atoms with Gasteiger partial charge in [-0.15, -0.1) is 0 Å². The molecule has 5 nitrogen and oxygen atoms in total. The Hall–Kier alpha value is -2.28. The average Bonchev–Trinajstić information content (AvgIpc) is 3.01. The van der Waals surface area contributed by atoms with Crippen LogP contribution in [0, 0.1) is 5.82 Å². The maximum absolute atomic E-state index is 12.9. The molecule has 2 heterocycles. The fourth-order valence-corrected chi connectivity index (χ4v) is 2.42. The molecule has 3 rings (SSSR count). The largest absolute Gasteiger partial charge is 0.384 e. The topological polar surface area (TPSA) is 63.8 Å². The van der Waals surface area contributed by atoms with Crippen LogP contribution in [0.2, 0.25) is 0 Å². The zero-order valence-corrected chi connectivity index (χ0v) is 13.8. The van der Waals surface area contributed by atoms with E-state index in [9.17, 15) is 4.39 Å². The summed E-state index contributed by atoms with van der Waals surface area (Å²) < 4.78 is 19.1. The number of pyridine rings is 1. The van der Waals surface area contributed by atoms with Crippen LogP contribution in [0.1, 0.15) is 12.3 Å². The standard InChI is InChI=1S/C16H14BrFN4O/c17-12-8-14(10-19-9-12)20-7-1-2-15-21-16(22-23-15)11-3-5-13(18)6-4-11/h3-6,8-10,20H,1-2,7H2. The van der Waals surface area contributed by atoms with Gasteiger partial charge in [0.25, 0.3) is 0 Å². The predicted octanol–water partition coefficient (Wildman–Crippen LogP) is 4.08. The molecule has 0 aliphatic rings. The molecule has 0 aliphatic carbocycles. The minimum absolute atomic E-state index is 0.286. The molecule has 0 bridgehead atoms. The van der Waals surface area contributed by atoms with Crippen molar-refractivity contribution >= 4 is 21.6 Å². The zero-order valence-electron chi connectivity index (χ0n) is 12.2. The van der Waals surface area contributed by atoms with Crippen molar-refractivity contribution < 1.29 is 8.91 Å². The van der Waals surface area contributed by atoms with E-state index in [1.54, 1.807) is 24.5 Å². The molecule has 1 N–H and O–H groups in total. The molecule has 118 valence electrons. The first kappa shape index (κ1) is 15.6. The van der Waals surface area contributed by atoms with Gasteiger partial charge in [-0.1, -0.05) is 5.16 Å². The van der Waals surface area contributed by atoms with Gasteiger partial charge in [0, 0.05) is 29.2 Å². The molecule has 0 saturated heterocycles. The first-order chi connectivity index (χ1) is 11.2. The Morgan fingerprint density at radius 2 is 2.00 bits per heavy atom. The first-order valence-electron chi connectivity index (χ1n) is 7.14. The van der Waals surface area contributed by atoms with Crippen molar-refractivity contribution in [2.75, 3.05) is 11.9 Å². The number of anilines is 1. The van der Waals surface area contributed by atoms with Gasteiger partial charge in [-0.3, -0.25) is 4.98 Å². The Bertz CT molecular complexity index is 776. The summed E-state index contributed by atoms with van der Waals surface area (Å²) in [5, 5.41) is 7.20. The van der Waals surface area contributed by atoms with Gasteiger partial charge in [-0.25, -0.2) is 4.39 Å². The van der Waals surface area contributed by atoms with E-state index in [2.05, 4.69) is 36.4 Å². The maximum Gasteiger partial charge on any atom is 0.227 e. The lowest BCUT2D eigenvalue weighted by molar-refractivity contribution is 0.377. The molecule has 0 unspecified atom stereocenters. The Labute approximate surface area is 141 Å². The summed E-state index contributed by atoms with van der Waals surface area (Å²) in [6.45, 7) is 0.770. The number of nitrogens with one attached hydrogen (secondary N) is 1. The van der Waals surface area contributed by atoms with Crippen molar-refractivity contribution in [1.29, 1.82) is 0 Å². The summed E-state index contributed by atoms with van der Waals surface area (Å²) in [5.74, 6) is 0.758. The Morgan fingerprint density at radius 3 is 2.78 bits per heavy atom. The first-order valence-corrected chi connectivity index (χ1v) is 7.93. The van der Waals surface area contributed by atoms with Crippen molar-refractivity contribution in [3.8, 4) is 11.4 Å². The molecular formula is C16H14BrFN4O. The van der Waals surface area contributed by atoms with Crippen molar-refractivity contribution in [1.82, 2.24) is 15.1 Å². The van der Waals surface area contributed by atoms with E-state index < -0.39 is 0 Å². The SMILES string of the molecule is Fc1ccc(-c2noc(CCCNc3cncc(Br)c3)n2)cc1. The van der Waals surface area contributed by atoms with Crippen LogP contribution in [0.15, 0.2) is 51.7 Å². The zero-order chi connectivity index (χ0) is 16.1. The van der Waals surface area contributed by atoms with E-state index in [0.29, 0.717) is 18.1 Å². The van der Waals surface area contributed by atoms with Crippen molar-refractivity contribution in [3.63, 3.8) is 0 Å². The smallest absolute Gasteiger partial charge is 0.227 e. The Morgan fingerprint density at radius 1 is 1.17 bits per heavy atom. The number of benzene rings is 1. The molecule has 1 aromatic carbocycles. The monoisotopic (exact) mass is 376 g/mol. The molecule has 23 heavy (non-hydrogen) atoms. The number of rotatable bonds is 6. The molecule has 0 fully saturated rings. The molecule has 0 spiro atoms. The second kappa shape index (κ2) is 7.32. The Balaban J connectivity index is 1.50. The highest BCUT2D eigenvalue weighted by Gasteiger charge is 2.08. The fourth-order valence-electron chi connectivity index (χ4n) is 2.05. The van der Waals surface area contributed by atoms with Gasteiger partial charge >= 0.3 is 0 Å². The lowest BCUT2D eigenvalue weighted by Gasteiger charge is -2.04. The van der Waals surface area contributed by atoms with E-state index in [1.165, 1.54) is 12.1 Å². The summed E-state index contributed by atoms with van der Waals surface area (Å²) in [6.07, 6.45) is 5.02. The van der Waals surface area contributed by atoms with E-state index in [4.69, 9.17) is 4.52 Å². The second-order valence-electron chi connectivity index (χ2n) is 4.94. The quantitative estimate of drug-likeness (QED) is 0.656. The average molecular weight is 377 g/mol. The molecule has 0 radical (unpaired) electrons. The fraction of sp³-hybridized carbons (Fsp3) is 0.188. The molecule has 0 aliphatic heterocycles. The van der Waals surface area contributed by atoms with Gasteiger partial charge in [-0.2, -0.15) is 4.98 Å². The summed E-state index contributed by atoms with van der Waals surface area (Å²) in [7, 11) is 0. The maximum atomic E-state index is 12.9. The normalized spacial score (nSPS) is 10.7. The van der Waals surface area contributed by atoms with Crippen LogP contribution in [0.3, 0.4) is 0 Å². The summed E-state index contributed by atoms with van der Waals surface area (Å²) >= 11 is 3.38. The molecule has 0 amide bonds. The number of hydrogen-bond acceptors (Lipinski definition) is 5. The Kier molecular flexibility index (Phi) is 4.97. The van der Waals surface area contributed by atoms with E-state index >= 15 is 0 Å². The van der Waals surface area contributed by atoms with Crippen LogP contribution in [0.25, 0.3) is 11.4 Å². The van der Waals surface area contributed by atoms with E-state index in [-0.39, 0.29) is 5.82 Å². The van der Waals surface area contributed by atoms with Crippen molar-refractivity contribution in [2.45, 2.75) is 12.8 Å². The highest BCUT2D eigenvalue weighted by atomic mass is 79.9. The van der Waals surface area contributed by atoms with Crippen LogP contribution in [-0.2, 0) is 6.42 Å². The number of hydrogen-bond donors (Lipinski definition) is 1. The second-order valence-corrected chi connectivity index (χ2v) is 5.86. The molecule has 0 atom stereocenters. The molecule has 2 aromatic heterocycles. The molecular weight excluding hydrogens is 363 g/mol. The minimum Gasteiger partial charge on any atom is -0.384 e. The van der Waals surface area contributed by atoms with Crippen LogP contribution < -0.4 is 5.32 Å². The third kappa shape index (κ3) is 4.35. The van der Waals surface area contributed by atoms with Gasteiger partial charge in [0.2, 0.25) is 11.7 Å². The van der Waals surface area contributed by atoms with Crippen LogP contribution in [-0.4, -0.2) is 21.7 Å². The minimum atomic E-state index is -0.286. The number of halogens is 2. The summed E-state index contributed by atoms with van der Waals surface area (Å²) in [6, 6.07) is 7.98. The number of nitrogens with zero attached hydrogens (tertiary/aromatic N) is 3.